The monoisotopic (exact) mass is 667 g/mol. The van der Waals surface area contributed by atoms with Crippen LogP contribution < -0.4 is 9.47 Å². The zero-order valence-electron chi connectivity index (χ0n) is 16.8. The van der Waals surface area contributed by atoms with Gasteiger partial charge >= 0.3 is 5.97 Å². The SMILES string of the molecule is COc1cc(/C=C2\N=C(c3ccc(I)c(Br)c3)OC2=O)ccc1OCc1cccc(Br)c1. The van der Waals surface area contributed by atoms with Crippen molar-refractivity contribution >= 4 is 72.4 Å². The topological polar surface area (TPSA) is 57.1 Å². The van der Waals surface area contributed by atoms with Gasteiger partial charge in [-0.3, -0.25) is 0 Å². The van der Waals surface area contributed by atoms with E-state index >= 15 is 0 Å². The van der Waals surface area contributed by atoms with Gasteiger partial charge in [0.2, 0.25) is 5.90 Å². The van der Waals surface area contributed by atoms with Crippen LogP contribution in [0.25, 0.3) is 6.08 Å². The van der Waals surface area contributed by atoms with E-state index in [2.05, 4.69) is 59.4 Å². The lowest BCUT2D eigenvalue weighted by atomic mass is 10.1. The van der Waals surface area contributed by atoms with E-state index in [1.54, 1.807) is 19.3 Å². The molecule has 3 aromatic carbocycles. The minimum Gasteiger partial charge on any atom is -0.493 e. The predicted octanol–water partition coefficient (Wildman–Crippen LogP) is 6.75. The summed E-state index contributed by atoms with van der Waals surface area (Å²) in [6.45, 7) is 0.405. The van der Waals surface area contributed by atoms with E-state index in [9.17, 15) is 4.79 Å². The van der Waals surface area contributed by atoms with Crippen molar-refractivity contribution in [2.24, 2.45) is 4.99 Å². The highest BCUT2D eigenvalue weighted by Gasteiger charge is 2.24. The highest BCUT2D eigenvalue weighted by Crippen LogP contribution is 2.31. The number of methoxy groups -OCH3 is 1. The van der Waals surface area contributed by atoms with Crippen LogP contribution in [0.5, 0.6) is 11.5 Å². The number of nitrogens with zero attached hydrogens (tertiary/aromatic N) is 1. The van der Waals surface area contributed by atoms with Gasteiger partial charge in [-0.1, -0.05) is 34.1 Å². The number of cyclic esters (lactones) is 1. The van der Waals surface area contributed by atoms with Crippen LogP contribution in [0, 0.1) is 3.57 Å². The number of rotatable bonds is 6. The second kappa shape index (κ2) is 10.2. The molecule has 0 aromatic heterocycles. The van der Waals surface area contributed by atoms with E-state index in [4.69, 9.17) is 14.2 Å². The number of halogens is 3. The molecule has 0 saturated carbocycles. The Balaban J connectivity index is 1.54. The van der Waals surface area contributed by atoms with Gasteiger partial charge in [0.05, 0.1) is 7.11 Å². The average Bonchev–Trinajstić information content (AvgIpc) is 3.14. The molecule has 0 atom stereocenters. The summed E-state index contributed by atoms with van der Waals surface area (Å²) in [6.07, 6.45) is 1.66. The molecule has 0 spiro atoms. The first-order valence-corrected chi connectivity index (χ1v) is 12.1. The van der Waals surface area contributed by atoms with Gasteiger partial charge < -0.3 is 14.2 Å². The molecule has 0 unspecified atom stereocenters. The third-order valence-corrected chi connectivity index (χ3v) is 7.39. The molecule has 0 bridgehead atoms. The number of carbonyl (C=O) groups is 1. The van der Waals surface area contributed by atoms with Crippen LogP contribution in [0.2, 0.25) is 0 Å². The first kappa shape index (κ1) is 23.0. The van der Waals surface area contributed by atoms with E-state index in [0.29, 0.717) is 18.1 Å². The van der Waals surface area contributed by atoms with Crippen molar-refractivity contribution in [3.8, 4) is 11.5 Å². The van der Waals surface area contributed by atoms with Crippen LogP contribution in [0.1, 0.15) is 16.7 Å². The second-order valence-electron chi connectivity index (χ2n) is 6.79. The largest absolute Gasteiger partial charge is 0.493 e. The van der Waals surface area contributed by atoms with Crippen molar-refractivity contribution in [2.75, 3.05) is 7.11 Å². The van der Waals surface area contributed by atoms with Crippen molar-refractivity contribution in [3.63, 3.8) is 0 Å². The Morgan fingerprint density at radius 3 is 2.66 bits per heavy atom. The molecule has 1 heterocycles. The Morgan fingerprint density at radius 1 is 1.06 bits per heavy atom. The summed E-state index contributed by atoms with van der Waals surface area (Å²) in [4.78, 5) is 16.7. The van der Waals surface area contributed by atoms with E-state index in [1.165, 1.54) is 0 Å². The molecule has 8 heteroatoms. The molecule has 1 aliphatic heterocycles. The fourth-order valence-corrected chi connectivity index (χ4v) is 4.16. The minimum absolute atomic E-state index is 0.222. The molecular weight excluding hydrogens is 653 g/mol. The second-order valence-corrected chi connectivity index (χ2v) is 9.73. The Labute approximate surface area is 215 Å². The fourth-order valence-electron chi connectivity index (χ4n) is 3.00. The number of hydrogen-bond donors (Lipinski definition) is 0. The number of benzene rings is 3. The molecule has 0 radical (unpaired) electrons. The summed E-state index contributed by atoms with van der Waals surface area (Å²) in [5.74, 6) is 0.950. The standard InChI is InChI=1S/C24H16Br2INO4/c1-30-22-11-14(5-8-21(22)31-13-15-3-2-4-17(25)9-15)10-20-24(29)32-23(28-20)16-6-7-19(27)18(26)12-16/h2-12H,13H2,1H3/b20-10-. The summed E-state index contributed by atoms with van der Waals surface area (Å²) >= 11 is 9.16. The van der Waals surface area contributed by atoms with Gasteiger partial charge in [0.25, 0.3) is 0 Å². The Bertz CT molecular complexity index is 1260. The van der Waals surface area contributed by atoms with Crippen LogP contribution in [0.15, 0.2) is 80.3 Å². The molecule has 0 N–H and O–H groups in total. The summed E-state index contributed by atoms with van der Waals surface area (Å²) in [7, 11) is 1.58. The summed E-state index contributed by atoms with van der Waals surface area (Å²) in [5.41, 5.74) is 2.73. The summed E-state index contributed by atoms with van der Waals surface area (Å²) in [5, 5.41) is 0. The van der Waals surface area contributed by atoms with Crippen LogP contribution in [0.3, 0.4) is 0 Å². The maximum Gasteiger partial charge on any atom is 0.363 e. The van der Waals surface area contributed by atoms with Crippen molar-refractivity contribution in [2.45, 2.75) is 6.61 Å². The molecular formula is C24H16Br2INO4. The summed E-state index contributed by atoms with van der Waals surface area (Å²) in [6, 6.07) is 19.0. The van der Waals surface area contributed by atoms with Crippen molar-refractivity contribution in [1.29, 1.82) is 0 Å². The molecule has 5 nitrogen and oxygen atoms in total. The molecule has 32 heavy (non-hydrogen) atoms. The van der Waals surface area contributed by atoms with Gasteiger partial charge in [-0.15, -0.1) is 0 Å². The van der Waals surface area contributed by atoms with Crippen LogP contribution in [-0.2, 0) is 16.1 Å². The lowest BCUT2D eigenvalue weighted by molar-refractivity contribution is -0.129. The van der Waals surface area contributed by atoms with E-state index in [0.717, 1.165) is 29.2 Å². The van der Waals surface area contributed by atoms with Gasteiger partial charge in [0.1, 0.15) is 6.61 Å². The number of carbonyl (C=O) groups excluding carboxylic acids is 1. The zero-order chi connectivity index (χ0) is 22.7. The van der Waals surface area contributed by atoms with Crippen LogP contribution in [-0.4, -0.2) is 19.0 Å². The Morgan fingerprint density at radius 2 is 1.91 bits per heavy atom. The number of ether oxygens (including phenoxy) is 3. The summed E-state index contributed by atoms with van der Waals surface area (Å²) < 4.78 is 19.7. The third-order valence-electron chi connectivity index (χ3n) is 4.56. The number of hydrogen-bond acceptors (Lipinski definition) is 5. The molecule has 162 valence electrons. The van der Waals surface area contributed by atoms with Crippen LogP contribution >= 0.6 is 54.5 Å². The van der Waals surface area contributed by atoms with Crippen molar-refractivity contribution in [3.05, 3.63) is 95.6 Å². The molecule has 0 aliphatic carbocycles. The highest BCUT2D eigenvalue weighted by atomic mass is 127. The molecule has 4 rings (SSSR count). The molecule has 1 aliphatic rings. The Kier molecular flexibility index (Phi) is 7.32. The van der Waals surface area contributed by atoms with Gasteiger partial charge in [-0.2, -0.15) is 0 Å². The fraction of sp³-hybridized carbons (Fsp3) is 0.0833. The van der Waals surface area contributed by atoms with Crippen molar-refractivity contribution < 1.29 is 19.0 Å². The van der Waals surface area contributed by atoms with Crippen molar-refractivity contribution in [1.82, 2.24) is 0 Å². The normalized spacial score (nSPS) is 14.3. The molecule has 0 saturated heterocycles. The van der Waals surface area contributed by atoms with Crippen LogP contribution in [0.4, 0.5) is 0 Å². The molecule has 0 fully saturated rings. The predicted molar refractivity (Wildman–Crippen MR) is 139 cm³/mol. The van der Waals surface area contributed by atoms with E-state index in [-0.39, 0.29) is 11.6 Å². The quantitative estimate of drug-likeness (QED) is 0.166. The number of aliphatic imine (C=N–C) groups is 1. The van der Waals surface area contributed by atoms with E-state index in [1.807, 2.05) is 54.6 Å². The minimum atomic E-state index is -0.497. The third kappa shape index (κ3) is 5.41. The van der Waals surface area contributed by atoms with Gasteiger partial charge in [-0.25, -0.2) is 9.79 Å². The smallest absolute Gasteiger partial charge is 0.363 e. The maximum atomic E-state index is 12.3. The molecule has 0 amide bonds. The first-order chi connectivity index (χ1) is 15.4. The lowest BCUT2D eigenvalue weighted by Gasteiger charge is -2.11. The maximum absolute atomic E-state index is 12.3. The average molecular weight is 669 g/mol. The van der Waals surface area contributed by atoms with E-state index < -0.39 is 5.97 Å². The Hall–Kier alpha value is -2.17. The zero-order valence-corrected chi connectivity index (χ0v) is 22.1. The molecule has 3 aromatic rings. The van der Waals surface area contributed by atoms with Gasteiger partial charge in [-0.05, 0) is 98.2 Å². The number of esters is 1. The highest BCUT2D eigenvalue weighted by molar-refractivity contribution is 14.1. The first-order valence-electron chi connectivity index (χ1n) is 9.46. The van der Waals surface area contributed by atoms with Gasteiger partial charge in [0, 0.05) is 18.1 Å². The van der Waals surface area contributed by atoms with Gasteiger partial charge in [0.15, 0.2) is 17.2 Å². The lowest BCUT2D eigenvalue weighted by Crippen LogP contribution is -2.05.